The third kappa shape index (κ3) is 2.00. The summed E-state index contributed by atoms with van der Waals surface area (Å²) in [7, 11) is 0. The summed E-state index contributed by atoms with van der Waals surface area (Å²) in [5.74, 6) is 1.16. The van der Waals surface area contributed by atoms with Crippen LogP contribution in [0.25, 0.3) is 10.1 Å². The fourth-order valence-electron chi connectivity index (χ4n) is 1.98. The van der Waals surface area contributed by atoms with Gasteiger partial charge in [-0.05, 0) is 23.7 Å². The van der Waals surface area contributed by atoms with Crippen molar-refractivity contribution in [2.45, 2.75) is 0 Å². The first-order valence-electron chi connectivity index (χ1n) is 5.25. The molecule has 3 nitrogen and oxygen atoms in total. The molecule has 1 aromatic carbocycles. The van der Waals surface area contributed by atoms with Gasteiger partial charge in [0.05, 0.1) is 4.70 Å². The van der Waals surface area contributed by atoms with Crippen LogP contribution in [0.15, 0.2) is 24.3 Å². The van der Waals surface area contributed by atoms with E-state index in [9.17, 15) is 0 Å². The maximum absolute atomic E-state index is 4.56. The van der Waals surface area contributed by atoms with E-state index >= 15 is 0 Å². The number of aromatic nitrogens is 1. The van der Waals surface area contributed by atoms with E-state index in [1.54, 1.807) is 11.5 Å². The van der Waals surface area contributed by atoms with Gasteiger partial charge in [-0.15, -0.1) is 12.4 Å². The molecular weight excluding hydrogens is 242 g/mol. The largest absolute Gasteiger partial charge is 0.353 e. The Kier molecular flexibility index (Phi) is 3.63. The highest BCUT2D eigenvalue weighted by atomic mass is 35.5. The monoisotopic (exact) mass is 255 g/mol. The summed E-state index contributed by atoms with van der Waals surface area (Å²) in [6.07, 6.45) is 0. The molecule has 0 amide bonds. The summed E-state index contributed by atoms with van der Waals surface area (Å²) in [6.45, 7) is 4.25. The standard InChI is InChI=1S/C11H13N3S.ClH/c1-2-4-10-9(3-1)11(13-15-10)14-7-5-12-6-8-14;/h1-4,12H,5-8H2;1H. The maximum atomic E-state index is 4.56. The van der Waals surface area contributed by atoms with Crippen molar-refractivity contribution < 1.29 is 0 Å². The molecule has 1 aliphatic rings. The molecule has 2 aromatic rings. The van der Waals surface area contributed by atoms with Gasteiger partial charge in [0.1, 0.15) is 5.82 Å². The summed E-state index contributed by atoms with van der Waals surface area (Å²) in [5.41, 5.74) is 0. The predicted octanol–water partition coefficient (Wildman–Crippen LogP) is 2.13. The maximum Gasteiger partial charge on any atom is 0.150 e. The summed E-state index contributed by atoms with van der Waals surface area (Å²) < 4.78 is 5.84. The second-order valence-corrected chi connectivity index (χ2v) is 4.54. The fraction of sp³-hybridized carbons (Fsp3) is 0.364. The number of rotatable bonds is 1. The van der Waals surface area contributed by atoms with Gasteiger partial charge in [-0.1, -0.05) is 12.1 Å². The van der Waals surface area contributed by atoms with Crippen LogP contribution in [0.2, 0.25) is 0 Å². The van der Waals surface area contributed by atoms with E-state index in [2.05, 4.69) is 38.9 Å². The Morgan fingerprint density at radius 2 is 1.94 bits per heavy atom. The van der Waals surface area contributed by atoms with E-state index in [0.717, 1.165) is 32.0 Å². The van der Waals surface area contributed by atoms with Crippen LogP contribution >= 0.6 is 23.9 Å². The molecule has 0 spiro atoms. The molecule has 0 saturated carbocycles. The van der Waals surface area contributed by atoms with E-state index in [4.69, 9.17) is 0 Å². The van der Waals surface area contributed by atoms with E-state index < -0.39 is 0 Å². The molecule has 0 atom stereocenters. The number of benzene rings is 1. The van der Waals surface area contributed by atoms with Crippen LogP contribution < -0.4 is 10.2 Å². The number of fused-ring (bicyclic) bond motifs is 1. The van der Waals surface area contributed by atoms with Gasteiger partial charge in [-0.3, -0.25) is 0 Å². The molecule has 2 heterocycles. The number of hydrogen-bond donors (Lipinski definition) is 1. The van der Waals surface area contributed by atoms with Gasteiger partial charge in [0.25, 0.3) is 0 Å². The third-order valence-corrected chi connectivity index (χ3v) is 3.59. The van der Waals surface area contributed by atoms with Crippen molar-refractivity contribution in [3.8, 4) is 0 Å². The van der Waals surface area contributed by atoms with Crippen molar-refractivity contribution in [2.24, 2.45) is 0 Å². The van der Waals surface area contributed by atoms with Gasteiger partial charge in [-0.25, -0.2) is 0 Å². The minimum atomic E-state index is 0. The van der Waals surface area contributed by atoms with Crippen LogP contribution in [0.4, 0.5) is 5.82 Å². The topological polar surface area (TPSA) is 28.2 Å². The van der Waals surface area contributed by atoms with Crippen LogP contribution in [0.1, 0.15) is 0 Å². The average molecular weight is 256 g/mol. The van der Waals surface area contributed by atoms with Crippen molar-refractivity contribution in [2.75, 3.05) is 31.1 Å². The van der Waals surface area contributed by atoms with E-state index in [1.165, 1.54) is 10.1 Å². The number of nitrogens with one attached hydrogen (secondary N) is 1. The number of nitrogens with zero attached hydrogens (tertiary/aromatic N) is 2. The van der Waals surface area contributed by atoms with Crippen LogP contribution in [-0.4, -0.2) is 30.6 Å². The van der Waals surface area contributed by atoms with Crippen molar-refractivity contribution in [3.63, 3.8) is 0 Å². The molecule has 0 bridgehead atoms. The molecule has 1 N–H and O–H groups in total. The molecule has 16 heavy (non-hydrogen) atoms. The quantitative estimate of drug-likeness (QED) is 0.846. The lowest BCUT2D eigenvalue weighted by atomic mass is 10.2. The van der Waals surface area contributed by atoms with E-state index in [1.807, 2.05) is 0 Å². The van der Waals surface area contributed by atoms with Gasteiger partial charge in [0, 0.05) is 31.6 Å². The molecule has 1 aromatic heterocycles. The van der Waals surface area contributed by atoms with Gasteiger partial charge in [0.15, 0.2) is 0 Å². The lowest BCUT2D eigenvalue weighted by Crippen LogP contribution is -2.43. The highest BCUT2D eigenvalue weighted by Crippen LogP contribution is 2.29. The SMILES string of the molecule is Cl.c1ccc2c(N3CCNCC3)nsc2c1. The Labute approximate surface area is 105 Å². The minimum absolute atomic E-state index is 0. The number of piperazine rings is 1. The Morgan fingerprint density at radius 3 is 2.75 bits per heavy atom. The first-order valence-corrected chi connectivity index (χ1v) is 6.02. The van der Waals surface area contributed by atoms with Crippen molar-refractivity contribution in [1.82, 2.24) is 9.69 Å². The zero-order valence-electron chi connectivity index (χ0n) is 8.85. The first kappa shape index (κ1) is 11.6. The Morgan fingerprint density at radius 1 is 1.19 bits per heavy atom. The smallest absolute Gasteiger partial charge is 0.150 e. The van der Waals surface area contributed by atoms with Crippen LogP contribution in [0.3, 0.4) is 0 Å². The summed E-state index contributed by atoms with van der Waals surface area (Å²) in [4.78, 5) is 2.37. The van der Waals surface area contributed by atoms with Crippen molar-refractivity contribution >= 4 is 39.8 Å². The molecular formula is C11H14ClN3S. The first-order chi connectivity index (χ1) is 7.45. The molecule has 3 rings (SSSR count). The summed E-state index contributed by atoms with van der Waals surface area (Å²) in [5, 5.41) is 4.65. The molecule has 1 aliphatic heterocycles. The Hall–Kier alpha value is -0.840. The van der Waals surface area contributed by atoms with Gasteiger partial charge in [-0.2, -0.15) is 4.37 Å². The van der Waals surface area contributed by atoms with Gasteiger partial charge < -0.3 is 10.2 Å². The number of hydrogen-bond acceptors (Lipinski definition) is 4. The molecule has 5 heteroatoms. The fourth-order valence-corrected chi connectivity index (χ4v) is 2.77. The zero-order valence-corrected chi connectivity index (χ0v) is 10.5. The highest BCUT2D eigenvalue weighted by molar-refractivity contribution is 7.13. The second-order valence-electron chi connectivity index (χ2n) is 3.74. The molecule has 1 saturated heterocycles. The van der Waals surface area contributed by atoms with Crippen LogP contribution in [-0.2, 0) is 0 Å². The molecule has 0 radical (unpaired) electrons. The van der Waals surface area contributed by atoms with Gasteiger partial charge in [0.2, 0.25) is 0 Å². The molecule has 0 aliphatic carbocycles. The second kappa shape index (κ2) is 4.99. The molecule has 0 unspecified atom stereocenters. The van der Waals surface area contributed by atoms with E-state index in [-0.39, 0.29) is 12.4 Å². The number of anilines is 1. The lowest BCUT2D eigenvalue weighted by molar-refractivity contribution is 0.587. The molecule has 86 valence electrons. The third-order valence-electron chi connectivity index (χ3n) is 2.77. The van der Waals surface area contributed by atoms with Gasteiger partial charge >= 0.3 is 0 Å². The summed E-state index contributed by atoms with van der Waals surface area (Å²) >= 11 is 1.60. The van der Waals surface area contributed by atoms with Crippen LogP contribution in [0.5, 0.6) is 0 Å². The van der Waals surface area contributed by atoms with Crippen LogP contribution in [0, 0.1) is 0 Å². The van der Waals surface area contributed by atoms with Crippen molar-refractivity contribution in [3.05, 3.63) is 24.3 Å². The Balaban J connectivity index is 0.000000963. The average Bonchev–Trinajstić information content (AvgIpc) is 2.74. The number of halogens is 1. The minimum Gasteiger partial charge on any atom is -0.353 e. The predicted molar refractivity (Wildman–Crippen MR) is 72.0 cm³/mol. The lowest BCUT2D eigenvalue weighted by Gasteiger charge is -2.27. The van der Waals surface area contributed by atoms with E-state index in [0.29, 0.717) is 0 Å². The normalized spacial score (nSPS) is 16.1. The Bertz CT molecular complexity index is 465. The van der Waals surface area contributed by atoms with Crippen molar-refractivity contribution in [1.29, 1.82) is 0 Å². The summed E-state index contributed by atoms with van der Waals surface area (Å²) in [6, 6.07) is 8.46. The highest BCUT2D eigenvalue weighted by Gasteiger charge is 2.15. The zero-order chi connectivity index (χ0) is 10.1. The molecule has 1 fully saturated rings.